The van der Waals surface area contributed by atoms with Gasteiger partial charge in [-0.25, -0.2) is 4.79 Å². The first-order valence-corrected chi connectivity index (χ1v) is 5.84. The molecule has 0 saturated heterocycles. The van der Waals surface area contributed by atoms with Crippen molar-refractivity contribution >= 4 is 11.7 Å². The summed E-state index contributed by atoms with van der Waals surface area (Å²) in [6, 6.07) is 8.87. The Hall–Kier alpha value is -2.50. The van der Waals surface area contributed by atoms with Gasteiger partial charge in [0.25, 0.3) is 0 Å². The smallest absolute Gasteiger partial charge is 0.358 e. The molecule has 100 valence electrons. The normalized spacial score (nSPS) is 10.2. The zero-order valence-electron chi connectivity index (χ0n) is 10.4. The number of nitrogens with zero attached hydrogens (tertiary/aromatic N) is 1. The molecule has 6 heteroatoms. The number of carboxylic acids is 1. The number of aromatic carboxylic acids is 1. The van der Waals surface area contributed by atoms with E-state index in [1.54, 1.807) is 0 Å². The molecule has 0 aliphatic carbocycles. The van der Waals surface area contributed by atoms with Crippen LogP contribution in [0, 0.1) is 0 Å². The number of carboxylic acid groups (broad SMARTS) is 1. The fourth-order valence-electron chi connectivity index (χ4n) is 1.55. The summed E-state index contributed by atoms with van der Waals surface area (Å²) in [7, 11) is 0. The Bertz CT molecular complexity index is 565. The van der Waals surface area contributed by atoms with E-state index in [2.05, 4.69) is 10.5 Å². The SMILES string of the molecule is CCOc1cccc(NCc2cc(C(=O)O)no2)c1. The first kappa shape index (κ1) is 12.9. The molecule has 0 bridgehead atoms. The fraction of sp³-hybridized carbons (Fsp3) is 0.231. The monoisotopic (exact) mass is 262 g/mol. The maximum absolute atomic E-state index is 10.6. The number of hydrogen-bond donors (Lipinski definition) is 2. The van der Waals surface area contributed by atoms with Crippen LogP contribution in [0.5, 0.6) is 5.75 Å². The Labute approximate surface area is 110 Å². The van der Waals surface area contributed by atoms with E-state index < -0.39 is 5.97 Å². The van der Waals surface area contributed by atoms with Crippen molar-refractivity contribution in [2.24, 2.45) is 0 Å². The van der Waals surface area contributed by atoms with Crippen LogP contribution in [0.4, 0.5) is 5.69 Å². The van der Waals surface area contributed by atoms with Crippen LogP contribution in [0.2, 0.25) is 0 Å². The topological polar surface area (TPSA) is 84.6 Å². The maximum atomic E-state index is 10.6. The number of nitrogens with one attached hydrogen (secondary N) is 1. The Balaban J connectivity index is 1.97. The molecule has 1 aromatic heterocycles. The number of ether oxygens (including phenoxy) is 1. The molecule has 0 radical (unpaired) electrons. The predicted molar refractivity (Wildman–Crippen MR) is 68.4 cm³/mol. The van der Waals surface area contributed by atoms with Gasteiger partial charge >= 0.3 is 5.97 Å². The summed E-state index contributed by atoms with van der Waals surface area (Å²) in [6.45, 7) is 2.88. The van der Waals surface area contributed by atoms with Gasteiger partial charge in [0, 0.05) is 17.8 Å². The highest BCUT2D eigenvalue weighted by Crippen LogP contribution is 2.18. The van der Waals surface area contributed by atoms with Gasteiger partial charge in [0.05, 0.1) is 13.2 Å². The molecule has 2 N–H and O–H groups in total. The van der Waals surface area contributed by atoms with E-state index in [-0.39, 0.29) is 5.69 Å². The highest BCUT2D eigenvalue weighted by atomic mass is 16.5. The summed E-state index contributed by atoms with van der Waals surface area (Å²) in [5, 5.41) is 15.3. The van der Waals surface area contributed by atoms with Crippen LogP contribution < -0.4 is 10.1 Å². The minimum Gasteiger partial charge on any atom is -0.494 e. The molecule has 0 atom stereocenters. The number of anilines is 1. The maximum Gasteiger partial charge on any atom is 0.358 e. The van der Waals surface area contributed by atoms with E-state index in [4.69, 9.17) is 14.4 Å². The second kappa shape index (κ2) is 5.90. The zero-order valence-corrected chi connectivity index (χ0v) is 10.4. The molecule has 0 aliphatic heterocycles. The Morgan fingerprint density at radius 1 is 1.47 bits per heavy atom. The number of aromatic nitrogens is 1. The van der Waals surface area contributed by atoms with Gasteiger partial charge in [0.1, 0.15) is 5.75 Å². The van der Waals surface area contributed by atoms with E-state index in [1.165, 1.54) is 6.07 Å². The van der Waals surface area contributed by atoms with E-state index >= 15 is 0 Å². The molecule has 2 aromatic rings. The lowest BCUT2D eigenvalue weighted by Gasteiger charge is -2.07. The van der Waals surface area contributed by atoms with Gasteiger partial charge in [-0.2, -0.15) is 0 Å². The van der Waals surface area contributed by atoms with E-state index in [1.807, 2.05) is 31.2 Å². The van der Waals surface area contributed by atoms with Crippen molar-refractivity contribution in [1.29, 1.82) is 0 Å². The molecule has 1 aromatic carbocycles. The van der Waals surface area contributed by atoms with Gasteiger partial charge in [-0.1, -0.05) is 11.2 Å². The van der Waals surface area contributed by atoms with Crippen LogP contribution in [0.15, 0.2) is 34.9 Å². The summed E-state index contributed by atoms with van der Waals surface area (Å²) in [6.07, 6.45) is 0. The molecule has 0 aliphatic rings. The molecular formula is C13H14N2O4. The molecule has 0 amide bonds. The van der Waals surface area contributed by atoms with Crippen LogP contribution in [0.1, 0.15) is 23.2 Å². The standard InChI is InChI=1S/C13H14N2O4/c1-2-18-10-5-3-4-9(6-10)14-8-11-7-12(13(16)17)15-19-11/h3-7,14H,2,8H2,1H3,(H,16,17). The van der Waals surface area contributed by atoms with Crippen LogP contribution in [0.3, 0.4) is 0 Å². The van der Waals surface area contributed by atoms with Crippen LogP contribution in [0.25, 0.3) is 0 Å². The average molecular weight is 262 g/mol. The van der Waals surface area contributed by atoms with Gasteiger partial charge in [-0.05, 0) is 19.1 Å². The second-order valence-corrected chi connectivity index (χ2v) is 3.80. The largest absolute Gasteiger partial charge is 0.494 e. The second-order valence-electron chi connectivity index (χ2n) is 3.80. The summed E-state index contributed by atoms with van der Waals surface area (Å²) in [5.74, 6) is 0.129. The van der Waals surface area contributed by atoms with Crippen LogP contribution >= 0.6 is 0 Å². The summed E-state index contributed by atoms with van der Waals surface area (Å²) < 4.78 is 10.3. The van der Waals surface area contributed by atoms with Crippen molar-refractivity contribution in [3.05, 3.63) is 41.8 Å². The van der Waals surface area contributed by atoms with Crippen molar-refractivity contribution in [3.63, 3.8) is 0 Å². The van der Waals surface area contributed by atoms with Gasteiger partial charge < -0.3 is 19.7 Å². The van der Waals surface area contributed by atoms with Crippen molar-refractivity contribution in [3.8, 4) is 5.75 Å². The van der Waals surface area contributed by atoms with Crippen LogP contribution in [-0.4, -0.2) is 22.8 Å². The van der Waals surface area contributed by atoms with Crippen molar-refractivity contribution in [2.45, 2.75) is 13.5 Å². The Morgan fingerprint density at radius 2 is 2.32 bits per heavy atom. The Kier molecular flexibility index (Phi) is 4.02. The molecule has 6 nitrogen and oxygen atoms in total. The number of hydrogen-bond acceptors (Lipinski definition) is 5. The Morgan fingerprint density at radius 3 is 3.00 bits per heavy atom. The van der Waals surface area contributed by atoms with Crippen molar-refractivity contribution in [2.75, 3.05) is 11.9 Å². The fourth-order valence-corrected chi connectivity index (χ4v) is 1.55. The molecule has 0 spiro atoms. The number of rotatable bonds is 6. The number of carbonyl (C=O) groups is 1. The van der Waals surface area contributed by atoms with E-state index in [0.29, 0.717) is 18.9 Å². The third-order valence-corrected chi connectivity index (χ3v) is 2.39. The predicted octanol–water partition coefficient (Wildman–Crippen LogP) is 2.38. The summed E-state index contributed by atoms with van der Waals surface area (Å²) in [4.78, 5) is 10.6. The molecule has 2 rings (SSSR count). The molecule has 0 fully saturated rings. The first-order chi connectivity index (χ1) is 9.19. The number of benzene rings is 1. The summed E-state index contributed by atoms with van der Waals surface area (Å²) >= 11 is 0. The van der Waals surface area contributed by atoms with Crippen molar-refractivity contribution in [1.82, 2.24) is 5.16 Å². The van der Waals surface area contributed by atoms with Crippen LogP contribution in [-0.2, 0) is 6.54 Å². The first-order valence-electron chi connectivity index (χ1n) is 5.84. The van der Waals surface area contributed by atoms with Crippen molar-refractivity contribution < 1.29 is 19.2 Å². The average Bonchev–Trinajstić information content (AvgIpc) is 2.86. The molecule has 19 heavy (non-hydrogen) atoms. The van der Waals surface area contributed by atoms with E-state index in [9.17, 15) is 4.79 Å². The third-order valence-electron chi connectivity index (χ3n) is 2.39. The summed E-state index contributed by atoms with van der Waals surface area (Å²) in [5.41, 5.74) is 0.763. The molecule has 1 heterocycles. The van der Waals surface area contributed by atoms with Gasteiger partial charge in [-0.15, -0.1) is 0 Å². The van der Waals surface area contributed by atoms with Gasteiger partial charge in [0.15, 0.2) is 11.5 Å². The minimum absolute atomic E-state index is 0.0973. The highest BCUT2D eigenvalue weighted by Gasteiger charge is 2.10. The lowest BCUT2D eigenvalue weighted by Crippen LogP contribution is -1.99. The lowest BCUT2D eigenvalue weighted by molar-refractivity contribution is 0.0685. The quantitative estimate of drug-likeness (QED) is 0.831. The zero-order chi connectivity index (χ0) is 13.7. The third kappa shape index (κ3) is 3.48. The minimum atomic E-state index is -1.10. The highest BCUT2D eigenvalue weighted by molar-refractivity contribution is 5.85. The van der Waals surface area contributed by atoms with E-state index in [0.717, 1.165) is 11.4 Å². The molecule has 0 saturated carbocycles. The lowest BCUT2D eigenvalue weighted by atomic mass is 10.3. The molecular weight excluding hydrogens is 248 g/mol. The molecule has 0 unspecified atom stereocenters. The van der Waals surface area contributed by atoms with Gasteiger partial charge in [-0.3, -0.25) is 0 Å². The van der Waals surface area contributed by atoms with Gasteiger partial charge in [0.2, 0.25) is 0 Å².